The van der Waals surface area contributed by atoms with Crippen molar-refractivity contribution in [1.82, 2.24) is 9.88 Å². The lowest BCUT2D eigenvalue weighted by Gasteiger charge is -2.18. The Morgan fingerprint density at radius 1 is 0.684 bits per heavy atom. The number of hydrogen-bond donors (Lipinski definition) is 7. The first-order chi connectivity index (χ1) is 27.2. The van der Waals surface area contributed by atoms with Crippen molar-refractivity contribution in [1.29, 1.82) is 0 Å². The summed E-state index contributed by atoms with van der Waals surface area (Å²) in [6, 6.07) is 23.6. The molecule has 57 heavy (non-hydrogen) atoms. The van der Waals surface area contributed by atoms with Gasteiger partial charge in [0.25, 0.3) is 23.6 Å². The van der Waals surface area contributed by atoms with Gasteiger partial charge in [0.2, 0.25) is 11.8 Å². The van der Waals surface area contributed by atoms with Gasteiger partial charge < -0.3 is 46.7 Å². The Balaban J connectivity index is 1.18. The number of benzene rings is 4. The lowest BCUT2D eigenvalue weighted by Crippen LogP contribution is -2.37. The summed E-state index contributed by atoms with van der Waals surface area (Å²) < 4.78 is 7.55. The first kappa shape index (κ1) is 40.8. The van der Waals surface area contributed by atoms with Crippen molar-refractivity contribution in [3.63, 3.8) is 0 Å². The second kappa shape index (κ2) is 18.3. The van der Waals surface area contributed by atoms with Gasteiger partial charge in [-0.15, -0.1) is 0 Å². The molecule has 6 amide bonds. The highest BCUT2D eigenvalue weighted by atomic mass is 16.5. The third kappa shape index (κ3) is 11.1. The first-order valence-electron chi connectivity index (χ1n) is 17.9. The Hall–Kier alpha value is -7.42. The number of ether oxygens (including phenoxy) is 1. The standard InChI is InChI=1S/C42H43N7O8/c1-24(2)57-37-34(18-17-33(36(37)51)42(56)47-32-19-20-49(4)23-32)48-40(54)28-11-15-31(16-12-28)46-41(55)29(21-35(43)50)22-44-38(52)26-9-13-30(14-10-26)45-39(53)27-7-5-25(3)6-8-27/h5-20,23-24,29,51H,21-22H2,1-4H3,(H2,43,50)(H,44,52)(H,45,53)(H,46,55)(H,47,56)(H,48,54). The monoisotopic (exact) mass is 773 g/mol. The minimum atomic E-state index is -1.02. The van der Waals surface area contributed by atoms with Crippen LogP contribution >= 0.6 is 0 Å². The molecule has 0 saturated heterocycles. The maximum Gasteiger partial charge on any atom is 0.259 e. The zero-order chi connectivity index (χ0) is 41.2. The maximum absolute atomic E-state index is 13.3. The topological polar surface area (TPSA) is 223 Å². The summed E-state index contributed by atoms with van der Waals surface area (Å²) in [6.07, 6.45) is 2.69. The second-order valence-corrected chi connectivity index (χ2v) is 13.5. The number of amides is 6. The summed E-state index contributed by atoms with van der Waals surface area (Å²) in [4.78, 5) is 76.7. The Kier molecular flexibility index (Phi) is 13.1. The molecule has 0 aliphatic rings. The number of aromatic nitrogens is 1. The molecule has 0 radical (unpaired) electrons. The zero-order valence-electron chi connectivity index (χ0n) is 31.7. The average molecular weight is 774 g/mol. The number of aryl methyl sites for hydroxylation is 2. The van der Waals surface area contributed by atoms with E-state index in [1.54, 1.807) is 68.2 Å². The van der Waals surface area contributed by atoms with E-state index in [-0.39, 0.29) is 47.0 Å². The molecule has 0 spiro atoms. The van der Waals surface area contributed by atoms with E-state index in [4.69, 9.17) is 10.5 Å². The molecule has 1 atom stereocenters. The molecule has 1 aromatic heterocycles. The normalized spacial score (nSPS) is 11.2. The van der Waals surface area contributed by atoms with E-state index in [1.807, 2.05) is 19.1 Å². The van der Waals surface area contributed by atoms with Crippen LogP contribution in [-0.2, 0) is 16.6 Å². The van der Waals surface area contributed by atoms with Crippen molar-refractivity contribution in [3.05, 3.63) is 131 Å². The number of carbonyl (C=O) groups excluding carboxylic acids is 6. The average Bonchev–Trinajstić information content (AvgIpc) is 3.58. The van der Waals surface area contributed by atoms with Gasteiger partial charge >= 0.3 is 0 Å². The van der Waals surface area contributed by atoms with Crippen LogP contribution < -0.4 is 37.1 Å². The van der Waals surface area contributed by atoms with Crippen molar-refractivity contribution < 1.29 is 38.6 Å². The van der Waals surface area contributed by atoms with Gasteiger partial charge in [-0.2, -0.15) is 0 Å². The largest absolute Gasteiger partial charge is 0.504 e. The lowest BCUT2D eigenvalue weighted by atomic mass is 10.0. The van der Waals surface area contributed by atoms with E-state index >= 15 is 0 Å². The number of rotatable bonds is 15. The number of primary amides is 1. The number of aromatic hydroxyl groups is 1. The molecule has 0 bridgehead atoms. The molecule has 294 valence electrons. The van der Waals surface area contributed by atoms with Gasteiger partial charge in [-0.25, -0.2) is 0 Å². The highest BCUT2D eigenvalue weighted by Crippen LogP contribution is 2.39. The molecule has 4 aromatic carbocycles. The van der Waals surface area contributed by atoms with Gasteiger partial charge in [0.05, 0.1) is 29.0 Å². The van der Waals surface area contributed by atoms with Crippen LogP contribution in [0.3, 0.4) is 0 Å². The molecule has 15 heteroatoms. The smallest absolute Gasteiger partial charge is 0.259 e. The molecule has 0 aliphatic heterocycles. The molecular weight excluding hydrogens is 731 g/mol. The lowest BCUT2D eigenvalue weighted by molar-refractivity contribution is -0.125. The Morgan fingerprint density at radius 2 is 1.23 bits per heavy atom. The van der Waals surface area contributed by atoms with Crippen molar-refractivity contribution >= 4 is 58.2 Å². The summed E-state index contributed by atoms with van der Waals surface area (Å²) in [5.41, 5.74) is 8.75. The van der Waals surface area contributed by atoms with E-state index in [0.29, 0.717) is 22.6 Å². The number of nitrogens with one attached hydrogen (secondary N) is 5. The van der Waals surface area contributed by atoms with Crippen molar-refractivity contribution in [2.24, 2.45) is 18.7 Å². The van der Waals surface area contributed by atoms with Gasteiger partial charge in [0, 0.05) is 60.5 Å². The highest BCUT2D eigenvalue weighted by Gasteiger charge is 2.24. The first-order valence-corrected chi connectivity index (χ1v) is 17.9. The van der Waals surface area contributed by atoms with E-state index in [1.165, 1.54) is 48.5 Å². The number of nitrogens with two attached hydrogens (primary N) is 1. The molecule has 0 fully saturated rings. The molecular formula is C42H43N7O8. The second-order valence-electron chi connectivity index (χ2n) is 13.5. The van der Waals surface area contributed by atoms with Crippen molar-refractivity contribution in [3.8, 4) is 11.5 Å². The van der Waals surface area contributed by atoms with Crippen LogP contribution in [0.5, 0.6) is 11.5 Å². The number of phenols is 1. The van der Waals surface area contributed by atoms with Crippen LogP contribution in [0.2, 0.25) is 0 Å². The fourth-order valence-corrected chi connectivity index (χ4v) is 5.56. The quantitative estimate of drug-likeness (QED) is 0.0724. The number of hydrogen-bond acceptors (Lipinski definition) is 8. The van der Waals surface area contributed by atoms with Gasteiger partial charge in [-0.3, -0.25) is 28.8 Å². The zero-order valence-corrected chi connectivity index (χ0v) is 31.7. The van der Waals surface area contributed by atoms with Crippen LogP contribution in [-0.4, -0.2) is 57.8 Å². The molecule has 5 rings (SSSR count). The minimum absolute atomic E-state index is 0.0584. The summed E-state index contributed by atoms with van der Waals surface area (Å²) in [6.45, 7) is 5.17. The maximum atomic E-state index is 13.3. The molecule has 0 saturated carbocycles. The van der Waals surface area contributed by atoms with Gasteiger partial charge in [-0.1, -0.05) is 17.7 Å². The molecule has 1 unspecified atom stereocenters. The van der Waals surface area contributed by atoms with Crippen LogP contribution in [0.4, 0.5) is 22.7 Å². The summed E-state index contributed by atoms with van der Waals surface area (Å²) in [5.74, 6) is -4.86. The van der Waals surface area contributed by atoms with Gasteiger partial charge in [0.1, 0.15) is 0 Å². The van der Waals surface area contributed by atoms with Crippen LogP contribution in [0.1, 0.15) is 67.3 Å². The third-order valence-corrected chi connectivity index (χ3v) is 8.53. The Morgan fingerprint density at radius 3 is 1.79 bits per heavy atom. The number of anilines is 4. The van der Waals surface area contributed by atoms with Crippen molar-refractivity contribution in [2.75, 3.05) is 27.8 Å². The van der Waals surface area contributed by atoms with Crippen molar-refractivity contribution in [2.45, 2.75) is 33.3 Å². The predicted molar refractivity (Wildman–Crippen MR) is 215 cm³/mol. The molecule has 8 N–H and O–H groups in total. The van der Waals surface area contributed by atoms with Gasteiger partial charge in [-0.05, 0) is 99.6 Å². The minimum Gasteiger partial charge on any atom is -0.504 e. The van der Waals surface area contributed by atoms with Gasteiger partial charge in [0.15, 0.2) is 11.5 Å². The van der Waals surface area contributed by atoms with E-state index in [9.17, 15) is 33.9 Å². The molecule has 0 aliphatic carbocycles. The number of phenolic OH excluding ortho intramolecular Hbond substituents is 1. The van der Waals surface area contributed by atoms with E-state index in [2.05, 4.69) is 26.6 Å². The van der Waals surface area contributed by atoms with E-state index < -0.39 is 47.3 Å². The summed E-state index contributed by atoms with van der Waals surface area (Å²) in [5, 5.41) is 24.5. The van der Waals surface area contributed by atoms with Crippen LogP contribution in [0.25, 0.3) is 0 Å². The highest BCUT2D eigenvalue weighted by molar-refractivity contribution is 6.09. The predicted octanol–water partition coefficient (Wildman–Crippen LogP) is 5.44. The Bertz CT molecular complexity index is 2280. The summed E-state index contributed by atoms with van der Waals surface area (Å²) >= 11 is 0. The van der Waals surface area contributed by atoms with Crippen LogP contribution in [0, 0.1) is 12.8 Å². The fraction of sp³-hybridized carbons (Fsp3) is 0.190. The Labute approximate surface area is 328 Å². The van der Waals surface area contributed by atoms with E-state index in [0.717, 1.165) is 5.56 Å². The van der Waals surface area contributed by atoms with Crippen LogP contribution in [0.15, 0.2) is 103 Å². The number of nitrogens with zero attached hydrogens (tertiary/aromatic N) is 1. The summed E-state index contributed by atoms with van der Waals surface area (Å²) in [7, 11) is 1.80. The third-order valence-electron chi connectivity index (χ3n) is 8.53. The molecule has 1 heterocycles. The molecule has 15 nitrogen and oxygen atoms in total. The molecule has 5 aromatic rings. The SMILES string of the molecule is Cc1ccc(C(=O)Nc2ccc(C(=O)NCC(CC(N)=O)C(=O)Nc3ccc(C(=O)Nc4ccc(C(=O)Nc5ccn(C)c5)c(O)c4OC(C)C)cc3)cc2)cc1. The fourth-order valence-electron chi connectivity index (χ4n) is 5.56. The number of carbonyl (C=O) groups is 6.